The molecular weight excluding hydrogens is 345 g/mol. The number of amides is 1. The van der Waals surface area contributed by atoms with Crippen LogP contribution in [0.25, 0.3) is 6.08 Å². The molecule has 0 aliphatic carbocycles. The molecule has 1 aliphatic heterocycles. The van der Waals surface area contributed by atoms with Gasteiger partial charge in [0, 0.05) is 25.2 Å². The van der Waals surface area contributed by atoms with E-state index in [9.17, 15) is 18.0 Å². The second kappa shape index (κ2) is 9.07. The van der Waals surface area contributed by atoms with Gasteiger partial charge in [0.05, 0.1) is 0 Å². The molecule has 1 atom stereocenters. The lowest BCUT2D eigenvalue weighted by Gasteiger charge is -2.29. The zero-order valence-electron chi connectivity index (χ0n) is 15.1. The average Bonchev–Trinajstić information content (AvgIpc) is 3.05. The van der Waals surface area contributed by atoms with E-state index in [-0.39, 0.29) is 17.7 Å². The quantitative estimate of drug-likeness (QED) is 0.682. The van der Waals surface area contributed by atoms with Crippen LogP contribution in [0.3, 0.4) is 0 Å². The Hall–Kier alpha value is -2.02. The monoisotopic (exact) mass is 370 g/mol. The summed E-state index contributed by atoms with van der Waals surface area (Å²) in [6, 6.07) is 5.66. The molecule has 0 N–H and O–H groups in total. The number of carbonyl (C=O) groups excluding carboxylic acids is 1. The Kier molecular flexibility index (Phi) is 7.08. The first kappa shape index (κ1) is 20.3. The standard InChI is InChI=1S/C19H25F3N2O2/c1-3-23(4-2)14-16-6-5-13-24(16)18(25)12-9-15-7-10-17(11-8-15)26-19(20,21)22/h7-12,16H,3-6,13-14H2,1-2H3/t16-/m0/s1. The first-order valence-corrected chi connectivity index (χ1v) is 8.89. The molecule has 0 saturated carbocycles. The molecule has 7 heteroatoms. The molecule has 0 unspecified atom stereocenters. The zero-order valence-corrected chi connectivity index (χ0v) is 15.1. The van der Waals surface area contributed by atoms with Crippen molar-refractivity contribution in [3.63, 3.8) is 0 Å². The number of benzene rings is 1. The molecule has 4 nitrogen and oxygen atoms in total. The summed E-state index contributed by atoms with van der Waals surface area (Å²) in [4.78, 5) is 16.7. The minimum absolute atomic E-state index is 0.0599. The highest BCUT2D eigenvalue weighted by Gasteiger charge is 2.31. The molecule has 1 saturated heterocycles. The number of likely N-dealkylation sites (tertiary alicyclic amines) is 1. The minimum atomic E-state index is -4.71. The van der Waals surface area contributed by atoms with Crippen LogP contribution in [-0.4, -0.2) is 54.3 Å². The molecular formula is C19H25F3N2O2. The van der Waals surface area contributed by atoms with Crippen LogP contribution >= 0.6 is 0 Å². The van der Waals surface area contributed by atoms with Gasteiger partial charge in [-0.3, -0.25) is 4.79 Å². The van der Waals surface area contributed by atoms with Gasteiger partial charge in [-0.15, -0.1) is 13.2 Å². The fourth-order valence-electron chi connectivity index (χ4n) is 3.14. The highest BCUT2D eigenvalue weighted by Crippen LogP contribution is 2.23. The van der Waals surface area contributed by atoms with Gasteiger partial charge in [0.2, 0.25) is 5.91 Å². The van der Waals surface area contributed by atoms with Crippen LogP contribution in [0, 0.1) is 0 Å². The highest BCUT2D eigenvalue weighted by molar-refractivity contribution is 5.92. The third-order valence-corrected chi connectivity index (χ3v) is 4.56. The van der Waals surface area contributed by atoms with Crippen molar-refractivity contribution in [3.8, 4) is 5.75 Å². The number of hydrogen-bond acceptors (Lipinski definition) is 3. The summed E-state index contributed by atoms with van der Waals surface area (Å²) in [5.41, 5.74) is 0.646. The van der Waals surface area contributed by atoms with Gasteiger partial charge in [-0.1, -0.05) is 26.0 Å². The zero-order chi connectivity index (χ0) is 19.2. The van der Waals surface area contributed by atoms with Gasteiger partial charge in [-0.05, 0) is 49.7 Å². The van der Waals surface area contributed by atoms with Crippen molar-refractivity contribution >= 4 is 12.0 Å². The Bertz CT molecular complexity index is 610. The van der Waals surface area contributed by atoms with Crippen LogP contribution < -0.4 is 4.74 Å². The van der Waals surface area contributed by atoms with Crippen LogP contribution in [0.2, 0.25) is 0 Å². The largest absolute Gasteiger partial charge is 0.573 e. The van der Waals surface area contributed by atoms with Crippen LogP contribution in [0.1, 0.15) is 32.3 Å². The Morgan fingerprint density at radius 2 is 1.92 bits per heavy atom. The number of carbonyl (C=O) groups is 1. The number of ether oxygens (including phenoxy) is 1. The third kappa shape index (κ3) is 6.05. The fraction of sp³-hybridized carbons (Fsp3) is 0.526. The Morgan fingerprint density at radius 3 is 2.50 bits per heavy atom. The molecule has 1 aromatic rings. The van der Waals surface area contributed by atoms with E-state index in [0.29, 0.717) is 5.56 Å². The molecule has 0 bridgehead atoms. The smallest absolute Gasteiger partial charge is 0.406 e. The van der Waals surface area contributed by atoms with Crippen molar-refractivity contribution in [1.29, 1.82) is 0 Å². The number of hydrogen-bond donors (Lipinski definition) is 0. The van der Waals surface area contributed by atoms with E-state index in [1.807, 2.05) is 4.90 Å². The maximum Gasteiger partial charge on any atom is 0.573 e. The number of nitrogens with zero attached hydrogens (tertiary/aromatic N) is 2. The normalized spacial score (nSPS) is 18.1. The van der Waals surface area contributed by atoms with E-state index in [0.717, 1.165) is 39.0 Å². The first-order chi connectivity index (χ1) is 12.3. The van der Waals surface area contributed by atoms with Crippen molar-refractivity contribution in [2.24, 2.45) is 0 Å². The average molecular weight is 370 g/mol. The fourth-order valence-corrected chi connectivity index (χ4v) is 3.14. The lowest BCUT2D eigenvalue weighted by molar-refractivity contribution is -0.274. The van der Waals surface area contributed by atoms with E-state index >= 15 is 0 Å². The molecule has 0 radical (unpaired) electrons. The summed E-state index contributed by atoms with van der Waals surface area (Å²) < 4.78 is 40.3. The molecule has 144 valence electrons. The Labute approximate surface area is 152 Å². The molecule has 1 aromatic carbocycles. The van der Waals surface area contributed by atoms with Gasteiger partial charge in [-0.2, -0.15) is 0 Å². The van der Waals surface area contributed by atoms with Crippen LogP contribution in [0.4, 0.5) is 13.2 Å². The molecule has 1 fully saturated rings. The SMILES string of the molecule is CCN(CC)C[C@@H]1CCCN1C(=O)C=Cc1ccc(OC(F)(F)F)cc1. The first-order valence-electron chi connectivity index (χ1n) is 8.89. The maximum atomic E-state index is 12.5. The second-order valence-electron chi connectivity index (χ2n) is 6.26. The number of likely N-dealkylation sites (N-methyl/N-ethyl adjacent to an activating group) is 1. The van der Waals surface area contributed by atoms with Gasteiger partial charge >= 0.3 is 6.36 Å². The molecule has 0 aromatic heterocycles. The predicted octanol–water partition coefficient (Wildman–Crippen LogP) is 3.93. The van der Waals surface area contributed by atoms with Gasteiger partial charge < -0.3 is 14.5 Å². The van der Waals surface area contributed by atoms with Crippen molar-refractivity contribution in [3.05, 3.63) is 35.9 Å². The predicted molar refractivity (Wildman–Crippen MR) is 94.7 cm³/mol. The summed E-state index contributed by atoms with van der Waals surface area (Å²) in [6.45, 7) is 7.74. The van der Waals surface area contributed by atoms with Gasteiger partial charge in [0.25, 0.3) is 0 Å². The number of halogens is 3. The lowest BCUT2D eigenvalue weighted by Crippen LogP contribution is -2.42. The summed E-state index contributed by atoms with van der Waals surface area (Å²) in [5.74, 6) is -0.338. The molecule has 0 spiro atoms. The Morgan fingerprint density at radius 1 is 1.27 bits per heavy atom. The number of rotatable bonds is 7. The molecule has 1 heterocycles. The Balaban J connectivity index is 1.95. The lowest BCUT2D eigenvalue weighted by atomic mass is 10.2. The van der Waals surface area contributed by atoms with Crippen molar-refractivity contribution in [1.82, 2.24) is 9.80 Å². The molecule has 2 rings (SSSR count). The van der Waals surface area contributed by atoms with Crippen LogP contribution in [0.15, 0.2) is 30.3 Å². The van der Waals surface area contributed by atoms with Gasteiger partial charge in [0.15, 0.2) is 0 Å². The van der Waals surface area contributed by atoms with E-state index in [1.54, 1.807) is 6.08 Å². The topological polar surface area (TPSA) is 32.8 Å². The van der Waals surface area contributed by atoms with Crippen molar-refractivity contribution < 1.29 is 22.7 Å². The summed E-state index contributed by atoms with van der Waals surface area (Å²) in [7, 11) is 0. The minimum Gasteiger partial charge on any atom is -0.406 e. The van der Waals surface area contributed by atoms with E-state index in [2.05, 4.69) is 23.5 Å². The van der Waals surface area contributed by atoms with Gasteiger partial charge in [-0.25, -0.2) is 0 Å². The van der Waals surface area contributed by atoms with Crippen molar-refractivity contribution in [2.45, 2.75) is 39.1 Å². The summed E-state index contributed by atoms with van der Waals surface area (Å²) in [6.07, 6.45) is 0.393. The molecule has 1 aliphatic rings. The third-order valence-electron chi connectivity index (χ3n) is 4.56. The van der Waals surface area contributed by atoms with Gasteiger partial charge in [0.1, 0.15) is 5.75 Å². The maximum absolute atomic E-state index is 12.5. The van der Waals surface area contributed by atoms with E-state index in [1.165, 1.54) is 30.3 Å². The van der Waals surface area contributed by atoms with E-state index in [4.69, 9.17) is 0 Å². The summed E-state index contributed by atoms with van der Waals surface area (Å²) >= 11 is 0. The van der Waals surface area contributed by atoms with Crippen molar-refractivity contribution in [2.75, 3.05) is 26.2 Å². The van der Waals surface area contributed by atoms with Crippen LogP contribution in [-0.2, 0) is 4.79 Å². The number of alkyl halides is 3. The van der Waals surface area contributed by atoms with E-state index < -0.39 is 6.36 Å². The second-order valence-corrected chi connectivity index (χ2v) is 6.26. The summed E-state index contributed by atoms with van der Waals surface area (Å²) in [5, 5.41) is 0. The molecule has 1 amide bonds. The molecule has 26 heavy (non-hydrogen) atoms. The van der Waals surface area contributed by atoms with Crippen LogP contribution in [0.5, 0.6) is 5.75 Å². The highest BCUT2D eigenvalue weighted by atomic mass is 19.4.